The monoisotopic (exact) mass is 529 g/mol. The third-order valence-corrected chi connectivity index (χ3v) is 8.38. The number of nitrogens with two attached hydrogens (primary N) is 1. The van der Waals surface area contributed by atoms with Gasteiger partial charge in [-0.05, 0) is 0 Å². The Bertz CT molecular complexity index is 872. The van der Waals surface area contributed by atoms with Crippen LogP contribution in [0.15, 0.2) is 0 Å². The van der Waals surface area contributed by atoms with E-state index in [1.165, 1.54) is 4.90 Å². The molecule has 32 heavy (non-hydrogen) atoms. The number of aliphatic hydroxyl groups excluding tert-OH is 2. The normalized spacial score (nSPS) is 39.8. The van der Waals surface area contributed by atoms with Crippen LogP contribution in [0.2, 0.25) is 0 Å². The number of phosphoric ester groups is 1. The van der Waals surface area contributed by atoms with Crippen molar-refractivity contribution in [3.05, 3.63) is 0 Å². The molecule has 0 saturated carbocycles. The summed E-state index contributed by atoms with van der Waals surface area (Å²) in [7, 11) is -16.7. The van der Waals surface area contributed by atoms with Crippen LogP contribution in [0.5, 0.6) is 0 Å². The number of phosphoric acid groups is 3. The van der Waals surface area contributed by atoms with Crippen LogP contribution in [0.1, 0.15) is 0 Å². The number of rotatable bonds is 8. The zero-order chi connectivity index (χ0) is 24.1. The molecule has 0 bridgehead atoms. The number of nitrogens with zero attached hydrogens (tertiary/aromatic N) is 1. The topological polar surface area (TPSA) is 292 Å². The van der Waals surface area contributed by atoms with Crippen molar-refractivity contribution < 1.29 is 66.2 Å². The van der Waals surface area contributed by atoms with Gasteiger partial charge >= 0.3 is 23.5 Å². The van der Waals surface area contributed by atoms with E-state index in [1.54, 1.807) is 0 Å². The predicted octanol–water partition coefficient (Wildman–Crippen LogP) is -4.70. The molecule has 0 aliphatic carbocycles. The highest BCUT2D eigenvalue weighted by Crippen LogP contribution is 2.66. The van der Waals surface area contributed by atoms with Crippen molar-refractivity contribution in [2.45, 2.75) is 43.0 Å². The molecule has 3 aliphatic heterocycles. The zero-order valence-electron chi connectivity index (χ0n) is 15.8. The largest absolute Gasteiger partial charge is 0.490 e. The molecule has 0 aromatic rings. The molecule has 3 saturated heterocycles. The molecule has 186 valence electrons. The van der Waals surface area contributed by atoms with Crippen LogP contribution in [0.25, 0.3) is 0 Å². The van der Waals surface area contributed by atoms with Crippen LogP contribution in [-0.4, -0.2) is 96.9 Å². The fourth-order valence-electron chi connectivity index (χ4n) is 3.36. The minimum atomic E-state index is -5.71. The fraction of sp³-hybridized carbons (Fsp3) is 0.900. The maximum Gasteiger partial charge on any atom is 0.490 e. The van der Waals surface area contributed by atoms with Gasteiger partial charge in [0.25, 0.3) is 0 Å². The number of nitrogens with one attached hydrogen (secondary N) is 3. The Hall–Kier alpha value is -0.400. The maximum absolute atomic E-state index is 12.0. The van der Waals surface area contributed by atoms with Gasteiger partial charge in [-0.2, -0.15) is 8.62 Å². The Balaban J connectivity index is 1.61. The number of amides is 1. The summed E-state index contributed by atoms with van der Waals surface area (Å²) in [5.74, 6) is -0.416. The van der Waals surface area contributed by atoms with Gasteiger partial charge in [-0.25, -0.2) is 18.6 Å². The molecular weight excluding hydrogens is 507 g/mol. The summed E-state index contributed by atoms with van der Waals surface area (Å²) >= 11 is 0. The van der Waals surface area contributed by atoms with Crippen molar-refractivity contribution in [3.8, 4) is 0 Å². The van der Waals surface area contributed by atoms with Crippen LogP contribution in [0.3, 0.4) is 0 Å². The maximum atomic E-state index is 12.0. The van der Waals surface area contributed by atoms with E-state index >= 15 is 0 Å². The van der Waals surface area contributed by atoms with E-state index in [4.69, 9.17) is 25.2 Å². The standard InChI is InChI=1S/C10H22N5O14P3/c11-10-13-7-4(8(18)14-10)12-2-15(7)9-6(17)5(16)3(27-9)1-26-31(22,23)29-32(24,25)28-30(19,20)21/h3-7,9-10,12-13,16-17H,1-2,11H2,(H,14,18)(H,22,23)(H,24,25)(H2,19,20,21)/t3-,4?,5-,6-,7?,9-,10?/m1/s1. The lowest BCUT2D eigenvalue weighted by Gasteiger charge is -2.37. The predicted molar refractivity (Wildman–Crippen MR) is 97.2 cm³/mol. The third kappa shape index (κ3) is 6.18. The Kier molecular flexibility index (Phi) is 7.64. The van der Waals surface area contributed by atoms with Crippen molar-refractivity contribution in [2.24, 2.45) is 5.73 Å². The van der Waals surface area contributed by atoms with Crippen LogP contribution < -0.4 is 21.7 Å². The SMILES string of the molecule is NC1NC(=O)C2NCN([C@@H]3O[C@H](COP(=O)(O)OP(=O)(O)OP(=O)(O)O)[C@@H](O)[C@H]3O)C2N1. The second-order valence-corrected chi connectivity index (χ2v) is 11.3. The van der Waals surface area contributed by atoms with Gasteiger partial charge in [-0.1, -0.05) is 0 Å². The third-order valence-electron chi connectivity index (χ3n) is 4.58. The number of fused-ring (bicyclic) bond motifs is 1. The molecule has 22 heteroatoms. The molecule has 19 nitrogen and oxygen atoms in total. The molecule has 1 amide bonds. The van der Waals surface area contributed by atoms with E-state index in [0.717, 1.165) is 0 Å². The molecule has 3 rings (SSSR count). The van der Waals surface area contributed by atoms with Gasteiger partial charge in [0.15, 0.2) is 0 Å². The second kappa shape index (κ2) is 9.33. The van der Waals surface area contributed by atoms with Crippen LogP contribution in [0, 0.1) is 0 Å². The number of aliphatic hydroxyl groups is 2. The van der Waals surface area contributed by atoms with E-state index in [1.807, 2.05) is 0 Å². The lowest BCUT2D eigenvalue weighted by atomic mass is 10.1. The van der Waals surface area contributed by atoms with Gasteiger partial charge in [-0.15, -0.1) is 0 Å². The van der Waals surface area contributed by atoms with E-state index in [0.29, 0.717) is 0 Å². The quantitative estimate of drug-likeness (QED) is 0.132. The van der Waals surface area contributed by atoms with Gasteiger partial charge in [0, 0.05) is 0 Å². The average molecular weight is 529 g/mol. The lowest BCUT2D eigenvalue weighted by molar-refractivity contribution is -0.133. The summed E-state index contributed by atoms with van der Waals surface area (Å²) in [5, 5.41) is 28.7. The molecule has 5 unspecified atom stereocenters. The highest BCUT2D eigenvalue weighted by Gasteiger charge is 2.53. The van der Waals surface area contributed by atoms with Gasteiger partial charge in [-0.3, -0.25) is 25.7 Å². The average Bonchev–Trinajstić information content (AvgIpc) is 3.12. The molecule has 3 aliphatic rings. The first kappa shape index (κ1) is 26.2. The Morgan fingerprint density at radius 2 is 1.75 bits per heavy atom. The summed E-state index contributed by atoms with van der Waals surface area (Å²) in [6.45, 7) is -0.930. The molecule has 3 heterocycles. The lowest BCUT2D eigenvalue weighted by Crippen LogP contribution is -2.71. The summed E-state index contributed by atoms with van der Waals surface area (Å²) in [6.07, 6.45) is -7.55. The summed E-state index contributed by atoms with van der Waals surface area (Å²) in [6, 6.07) is -0.753. The first-order valence-electron chi connectivity index (χ1n) is 8.70. The van der Waals surface area contributed by atoms with Crippen LogP contribution in [-0.2, 0) is 36.4 Å². The van der Waals surface area contributed by atoms with Gasteiger partial charge in [0.1, 0.15) is 36.9 Å². The highest BCUT2D eigenvalue weighted by atomic mass is 31.3. The highest BCUT2D eigenvalue weighted by molar-refractivity contribution is 7.66. The first-order chi connectivity index (χ1) is 14.6. The Morgan fingerprint density at radius 1 is 1.09 bits per heavy atom. The summed E-state index contributed by atoms with van der Waals surface area (Å²) in [4.78, 5) is 49.1. The van der Waals surface area contributed by atoms with E-state index in [-0.39, 0.29) is 6.67 Å². The number of hydrogen-bond donors (Lipinski definition) is 10. The molecular formula is C10H22N5O14P3. The Morgan fingerprint density at radius 3 is 2.38 bits per heavy atom. The molecule has 0 aromatic carbocycles. The van der Waals surface area contributed by atoms with Crippen molar-refractivity contribution in [1.29, 1.82) is 0 Å². The minimum Gasteiger partial charge on any atom is -0.387 e. The molecule has 9 atom stereocenters. The summed E-state index contributed by atoms with van der Waals surface area (Å²) < 4.78 is 50.8. The van der Waals surface area contributed by atoms with E-state index in [9.17, 15) is 33.6 Å². The molecule has 0 radical (unpaired) electrons. The Labute approximate surface area is 179 Å². The molecule has 3 fully saturated rings. The van der Waals surface area contributed by atoms with Gasteiger partial charge in [0.05, 0.1) is 19.4 Å². The number of ether oxygens (including phenoxy) is 1. The smallest absolute Gasteiger partial charge is 0.387 e. The first-order valence-corrected chi connectivity index (χ1v) is 13.2. The van der Waals surface area contributed by atoms with Crippen molar-refractivity contribution >= 4 is 29.4 Å². The van der Waals surface area contributed by atoms with Gasteiger partial charge < -0.3 is 39.8 Å². The molecule has 0 spiro atoms. The van der Waals surface area contributed by atoms with Crippen molar-refractivity contribution in [1.82, 2.24) is 20.9 Å². The van der Waals surface area contributed by atoms with Crippen LogP contribution in [0.4, 0.5) is 0 Å². The van der Waals surface area contributed by atoms with E-state index < -0.39 is 79.0 Å². The molecule has 0 aromatic heterocycles. The second-order valence-electron chi connectivity index (χ2n) is 6.88. The summed E-state index contributed by atoms with van der Waals surface area (Å²) in [5.41, 5.74) is 5.67. The fourth-order valence-corrected chi connectivity index (χ4v) is 6.39. The van der Waals surface area contributed by atoms with E-state index in [2.05, 4.69) is 29.1 Å². The van der Waals surface area contributed by atoms with Crippen LogP contribution >= 0.6 is 23.5 Å². The van der Waals surface area contributed by atoms with Crippen molar-refractivity contribution in [3.63, 3.8) is 0 Å². The number of carbonyl (C=O) groups is 1. The molecule has 11 N–H and O–H groups in total. The number of carbonyl (C=O) groups excluding carboxylic acids is 1. The van der Waals surface area contributed by atoms with Gasteiger partial charge in [0.2, 0.25) is 5.91 Å². The van der Waals surface area contributed by atoms with Crippen molar-refractivity contribution in [2.75, 3.05) is 13.3 Å². The minimum absolute atomic E-state index is 0.0273. The number of hydrogen-bond acceptors (Lipinski definition) is 14. The zero-order valence-corrected chi connectivity index (χ0v) is 18.5.